The van der Waals surface area contributed by atoms with E-state index in [1.54, 1.807) is 17.0 Å². The Morgan fingerprint density at radius 3 is 2.33 bits per heavy atom. The maximum absolute atomic E-state index is 12.6. The van der Waals surface area contributed by atoms with Gasteiger partial charge in [0, 0.05) is 26.1 Å². The molecule has 8 nitrogen and oxygen atoms in total. The number of benzene rings is 1. The van der Waals surface area contributed by atoms with Gasteiger partial charge in [-0.3, -0.25) is 19.3 Å². The molecule has 4 rings (SSSR count). The molecule has 3 amide bonds. The summed E-state index contributed by atoms with van der Waals surface area (Å²) in [5.74, 6) is -0.974. The molecular formula is C21H25N3O5S. The predicted octanol–water partition coefficient (Wildman–Crippen LogP) is 0.825. The highest BCUT2D eigenvalue weighted by Crippen LogP contribution is 2.37. The van der Waals surface area contributed by atoms with Crippen LogP contribution in [0.15, 0.2) is 41.3 Å². The molecule has 2 atom stereocenters. The molecule has 2 saturated heterocycles. The fourth-order valence-corrected chi connectivity index (χ4v) is 5.46. The zero-order valence-electron chi connectivity index (χ0n) is 16.8. The third-order valence-corrected chi connectivity index (χ3v) is 7.51. The van der Waals surface area contributed by atoms with Crippen molar-refractivity contribution in [3.63, 3.8) is 0 Å². The topological polar surface area (TPSA) is 104 Å². The van der Waals surface area contributed by atoms with E-state index in [0.717, 1.165) is 5.56 Å². The number of rotatable bonds is 6. The van der Waals surface area contributed by atoms with E-state index in [2.05, 4.69) is 4.72 Å². The van der Waals surface area contributed by atoms with Crippen molar-refractivity contribution >= 4 is 27.7 Å². The molecule has 160 valence electrons. The van der Waals surface area contributed by atoms with Gasteiger partial charge in [0.25, 0.3) is 0 Å². The molecule has 2 unspecified atom stereocenters. The lowest BCUT2D eigenvalue weighted by molar-refractivity contribution is -0.152. The van der Waals surface area contributed by atoms with Gasteiger partial charge in [0.1, 0.15) is 0 Å². The maximum atomic E-state index is 12.6. The summed E-state index contributed by atoms with van der Waals surface area (Å²) >= 11 is 0. The number of allylic oxidation sites excluding steroid dienone is 2. The minimum absolute atomic E-state index is 0.00628. The summed E-state index contributed by atoms with van der Waals surface area (Å²) in [7, 11) is -3.67. The lowest BCUT2D eigenvalue weighted by atomic mass is 9.85. The number of likely N-dealkylation sites (tertiary alicyclic amines) is 2. The first-order valence-corrected chi connectivity index (χ1v) is 11.6. The Kier molecular flexibility index (Phi) is 5.50. The third-order valence-electron chi connectivity index (χ3n) is 6.05. The normalized spacial score (nSPS) is 24.2. The second-order valence-electron chi connectivity index (χ2n) is 8.12. The van der Waals surface area contributed by atoms with Gasteiger partial charge in [-0.15, -0.1) is 0 Å². The van der Waals surface area contributed by atoms with Gasteiger partial charge in [-0.25, -0.2) is 13.1 Å². The number of carbonyl (C=O) groups excluding carboxylic acids is 3. The van der Waals surface area contributed by atoms with E-state index in [0.29, 0.717) is 25.9 Å². The second kappa shape index (κ2) is 7.96. The highest BCUT2D eigenvalue weighted by Gasteiger charge is 2.52. The third kappa shape index (κ3) is 3.79. The number of hydrogen-bond acceptors (Lipinski definition) is 5. The van der Waals surface area contributed by atoms with Crippen molar-refractivity contribution in [2.24, 2.45) is 11.8 Å². The molecule has 0 spiro atoms. The number of aryl methyl sites for hydroxylation is 1. The van der Waals surface area contributed by atoms with E-state index in [1.807, 2.05) is 25.1 Å². The van der Waals surface area contributed by atoms with Crippen LogP contribution in [0, 0.1) is 18.8 Å². The maximum Gasteiger partial charge on any atom is 0.240 e. The van der Waals surface area contributed by atoms with Crippen LogP contribution in [0.3, 0.4) is 0 Å². The van der Waals surface area contributed by atoms with E-state index >= 15 is 0 Å². The Morgan fingerprint density at radius 2 is 1.73 bits per heavy atom. The lowest BCUT2D eigenvalue weighted by Crippen LogP contribution is -2.62. The molecule has 2 aliphatic heterocycles. The van der Waals surface area contributed by atoms with Crippen molar-refractivity contribution in [2.75, 3.05) is 19.6 Å². The van der Waals surface area contributed by atoms with Crippen molar-refractivity contribution in [1.82, 2.24) is 14.5 Å². The largest absolute Gasteiger partial charge is 0.338 e. The van der Waals surface area contributed by atoms with Gasteiger partial charge in [-0.2, -0.15) is 0 Å². The molecule has 2 heterocycles. The molecule has 0 saturated carbocycles. The minimum Gasteiger partial charge on any atom is -0.338 e. The smallest absolute Gasteiger partial charge is 0.240 e. The van der Waals surface area contributed by atoms with Crippen molar-refractivity contribution in [3.05, 3.63) is 42.0 Å². The molecule has 1 aromatic carbocycles. The van der Waals surface area contributed by atoms with Crippen LogP contribution >= 0.6 is 0 Å². The monoisotopic (exact) mass is 431 g/mol. The van der Waals surface area contributed by atoms with Gasteiger partial charge in [-0.05, 0) is 37.5 Å². The fourth-order valence-electron chi connectivity index (χ4n) is 4.32. The number of hydrogen-bond donors (Lipinski definition) is 1. The van der Waals surface area contributed by atoms with Gasteiger partial charge in [-0.1, -0.05) is 24.3 Å². The Hall–Kier alpha value is -2.52. The van der Waals surface area contributed by atoms with Crippen molar-refractivity contribution < 1.29 is 22.8 Å². The van der Waals surface area contributed by atoms with Gasteiger partial charge < -0.3 is 4.90 Å². The van der Waals surface area contributed by atoms with E-state index in [1.165, 1.54) is 11.0 Å². The standard InChI is InChI=1S/C21H25N3O5S/c1-14-5-4-6-16(11-14)30(28,29)22-10-9-19(25)23-12-15(13-23)24-20(26)17-7-2-3-8-18(17)21(24)27/h2-6,11,15,17-18,22H,7-10,12-13H2,1H3. The summed E-state index contributed by atoms with van der Waals surface area (Å²) in [6, 6.07) is 6.28. The first kappa shape index (κ1) is 20.7. The Labute approximate surface area is 176 Å². The second-order valence-corrected chi connectivity index (χ2v) is 9.89. The molecule has 30 heavy (non-hydrogen) atoms. The van der Waals surface area contributed by atoms with Gasteiger partial charge in [0.15, 0.2) is 0 Å². The van der Waals surface area contributed by atoms with Crippen LogP contribution in [0.5, 0.6) is 0 Å². The Morgan fingerprint density at radius 1 is 1.10 bits per heavy atom. The molecule has 1 aromatic rings. The quantitative estimate of drug-likeness (QED) is 0.531. The first-order chi connectivity index (χ1) is 14.3. The summed E-state index contributed by atoms with van der Waals surface area (Å²) in [5, 5.41) is 0. The molecule has 0 radical (unpaired) electrons. The zero-order valence-corrected chi connectivity index (χ0v) is 17.6. The fraction of sp³-hybridized carbons (Fsp3) is 0.476. The molecule has 3 aliphatic rings. The van der Waals surface area contributed by atoms with Crippen molar-refractivity contribution in [3.8, 4) is 0 Å². The minimum atomic E-state index is -3.67. The lowest BCUT2D eigenvalue weighted by Gasteiger charge is -2.43. The molecule has 1 N–H and O–H groups in total. The summed E-state index contributed by atoms with van der Waals surface area (Å²) in [4.78, 5) is 40.6. The first-order valence-electron chi connectivity index (χ1n) is 10.1. The summed E-state index contributed by atoms with van der Waals surface area (Å²) in [6.45, 7) is 2.43. The van der Waals surface area contributed by atoms with E-state index < -0.39 is 10.0 Å². The zero-order chi connectivity index (χ0) is 21.5. The summed E-state index contributed by atoms with van der Waals surface area (Å²) < 4.78 is 27.1. The van der Waals surface area contributed by atoms with Gasteiger partial charge >= 0.3 is 0 Å². The molecule has 1 aliphatic carbocycles. The number of amides is 3. The van der Waals surface area contributed by atoms with Crippen LogP contribution in [-0.4, -0.2) is 61.6 Å². The van der Waals surface area contributed by atoms with Crippen LogP contribution in [0.2, 0.25) is 0 Å². The summed E-state index contributed by atoms with van der Waals surface area (Å²) in [5.41, 5.74) is 0.835. The molecule has 0 aromatic heterocycles. The van der Waals surface area contributed by atoms with E-state index in [9.17, 15) is 22.8 Å². The number of sulfonamides is 1. The molecule has 9 heteroatoms. The molecule has 0 bridgehead atoms. The number of imide groups is 1. The number of carbonyl (C=O) groups is 3. The molecule has 2 fully saturated rings. The molecular weight excluding hydrogens is 406 g/mol. The SMILES string of the molecule is Cc1cccc(S(=O)(=O)NCCC(=O)N2CC(N3C(=O)C4CC=CCC4C3=O)C2)c1. The van der Waals surface area contributed by atoms with E-state index in [-0.39, 0.29) is 53.5 Å². The van der Waals surface area contributed by atoms with Crippen LogP contribution in [0.4, 0.5) is 0 Å². The van der Waals surface area contributed by atoms with Crippen LogP contribution in [-0.2, 0) is 24.4 Å². The van der Waals surface area contributed by atoms with Crippen LogP contribution in [0.25, 0.3) is 0 Å². The van der Waals surface area contributed by atoms with Crippen molar-refractivity contribution in [1.29, 1.82) is 0 Å². The predicted molar refractivity (Wildman–Crippen MR) is 109 cm³/mol. The van der Waals surface area contributed by atoms with Gasteiger partial charge in [0.05, 0.1) is 22.8 Å². The van der Waals surface area contributed by atoms with Gasteiger partial charge in [0.2, 0.25) is 27.7 Å². The number of nitrogens with one attached hydrogen (secondary N) is 1. The summed E-state index contributed by atoms with van der Waals surface area (Å²) in [6.07, 6.45) is 5.12. The Balaban J connectivity index is 1.26. The average molecular weight is 432 g/mol. The Bertz CT molecular complexity index is 987. The number of fused-ring (bicyclic) bond motifs is 1. The van der Waals surface area contributed by atoms with E-state index in [4.69, 9.17) is 0 Å². The van der Waals surface area contributed by atoms with Crippen molar-refractivity contribution in [2.45, 2.75) is 37.1 Å². The average Bonchev–Trinajstić information content (AvgIpc) is 2.92. The van der Waals surface area contributed by atoms with Crippen LogP contribution in [0.1, 0.15) is 24.8 Å². The van der Waals surface area contributed by atoms with Crippen LogP contribution < -0.4 is 4.72 Å². The number of nitrogens with zero attached hydrogens (tertiary/aromatic N) is 2. The highest BCUT2D eigenvalue weighted by atomic mass is 32.2. The highest BCUT2D eigenvalue weighted by molar-refractivity contribution is 7.89.